The van der Waals surface area contributed by atoms with Crippen molar-refractivity contribution in [3.8, 4) is 0 Å². The third kappa shape index (κ3) is 8.68. The Morgan fingerprint density at radius 3 is 2.00 bits per heavy atom. The van der Waals surface area contributed by atoms with Crippen LogP contribution in [0.4, 0.5) is 10.1 Å². The molecule has 158 valence electrons. The number of carbonyl (C=O) groups is 2. The molecule has 1 unspecified atom stereocenters. The minimum absolute atomic E-state index is 0.0671. The zero-order valence-electron chi connectivity index (χ0n) is 15.7. The van der Waals surface area contributed by atoms with Gasteiger partial charge in [-0.1, -0.05) is 24.3 Å². The number of amides is 1. The topological polar surface area (TPSA) is 110 Å². The van der Waals surface area contributed by atoms with Crippen molar-refractivity contribution >= 4 is 40.8 Å². The molecule has 0 saturated carbocycles. The average Bonchev–Trinajstić information content (AvgIpc) is 2.69. The molecule has 0 aliphatic carbocycles. The summed E-state index contributed by atoms with van der Waals surface area (Å²) in [6, 6.07) is 12.4. The summed E-state index contributed by atoms with van der Waals surface area (Å²) in [5.41, 5.74) is 12.2. The smallest absolute Gasteiger partial charge is 0.320 e. The molecule has 0 saturated heterocycles. The quantitative estimate of drug-likeness (QED) is 0.516. The number of alkyl halides is 2. The number of carboxylic acid groups (broad SMARTS) is 1. The second-order valence-electron chi connectivity index (χ2n) is 6.02. The van der Waals surface area contributed by atoms with E-state index in [0.29, 0.717) is 18.2 Å². The lowest BCUT2D eigenvalue weighted by Crippen LogP contribution is -2.32. The summed E-state index contributed by atoms with van der Waals surface area (Å²) in [5.74, 6) is -1.24. The van der Waals surface area contributed by atoms with Crippen molar-refractivity contribution in [2.75, 3.05) is 29.7 Å². The zero-order chi connectivity index (χ0) is 21.8. The Balaban J connectivity index is 0.000000352. The molecule has 0 aromatic heterocycles. The normalized spacial score (nSPS) is 11.2. The summed E-state index contributed by atoms with van der Waals surface area (Å²) in [6.45, 7) is 1.45. The first kappa shape index (κ1) is 24.7. The summed E-state index contributed by atoms with van der Waals surface area (Å²) < 4.78 is 12.5. The largest absolute Gasteiger partial charge is 0.480 e. The molecule has 2 rings (SSSR count). The highest BCUT2D eigenvalue weighted by atomic mass is 35.5. The van der Waals surface area contributed by atoms with Gasteiger partial charge in [0.2, 0.25) is 0 Å². The number of nitrogens with two attached hydrogens (primary N) is 2. The van der Waals surface area contributed by atoms with E-state index in [0.717, 1.165) is 24.3 Å². The molecule has 0 heterocycles. The molecule has 2 aromatic carbocycles. The second-order valence-corrected chi connectivity index (χ2v) is 6.78. The highest BCUT2D eigenvalue weighted by molar-refractivity contribution is 6.18. The highest BCUT2D eigenvalue weighted by Crippen LogP contribution is 2.16. The van der Waals surface area contributed by atoms with Gasteiger partial charge in [-0.15, -0.1) is 23.2 Å². The van der Waals surface area contributed by atoms with E-state index in [9.17, 15) is 14.0 Å². The van der Waals surface area contributed by atoms with Crippen molar-refractivity contribution in [1.29, 1.82) is 0 Å². The fourth-order valence-electron chi connectivity index (χ4n) is 2.42. The average molecular weight is 444 g/mol. The van der Waals surface area contributed by atoms with E-state index in [1.165, 1.54) is 18.2 Å². The van der Waals surface area contributed by atoms with E-state index in [4.69, 9.17) is 39.8 Å². The van der Waals surface area contributed by atoms with E-state index in [1.54, 1.807) is 6.07 Å². The highest BCUT2D eigenvalue weighted by Gasteiger charge is 2.12. The number of anilines is 1. The van der Waals surface area contributed by atoms with Crippen LogP contribution >= 0.6 is 23.2 Å². The summed E-state index contributed by atoms with van der Waals surface area (Å²) in [5, 5.41) is 8.76. The molecule has 0 fully saturated rings. The van der Waals surface area contributed by atoms with Crippen LogP contribution in [0.3, 0.4) is 0 Å². The van der Waals surface area contributed by atoms with Crippen molar-refractivity contribution in [2.24, 2.45) is 11.5 Å². The Kier molecular flexibility index (Phi) is 11.1. The summed E-state index contributed by atoms with van der Waals surface area (Å²) in [7, 11) is 0. The number of halogens is 3. The minimum atomic E-state index is -0.991. The van der Waals surface area contributed by atoms with Crippen LogP contribution in [0.15, 0.2) is 48.5 Å². The third-order valence-electron chi connectivity index (χ3n) is 3.92. The Morgan fingerprint density at radius 1 is 1.03 bits per heavy atom. The molecular formula is C20H24Cl2FN3O3. The van der Waals surface area contributed by atoms with Crippen LogP contribution < -0.4 is 16.4 Å². The van der Waals surface area contributed by atoms with Crippen LogP contribution in [-0.4, -0.2) is 47.9 Å². The molecule has 1 atom stereocenters. The monoisotopic (exact) mass is 443 g/mol. The Bertz CT molecular complexity index is 785. The van der Waals surface area contributed by atoms with Crippen LogP contribution in [-0.2, 0) is 11.2 Å². The van der Waals surface area contributed by atoms with Crippen LogP contribution in [0.1, 0.15) is 15.9 Å². The summed E-state index contributed by atoms with van der Waals surface area (Å²) >= 11 is 11.5. The number of hydrogen-bond donors (Lipinski definition) is 3. The second kappa shape index (κ2) is 13.0. The summed E-state index contributed by atoms with van der Waals surface area (Å²) in [4.78, 5) is 23.2. The van der Waals surface area contributed by atoms with Crippen LogP contribution in [0.2, 0.25) is 0 Å². The molecule has 29 heavy (non-hydrogen) atoms. The van der Waals surface area contributed by atoms with Gasteiger partial charge in [0, 0.05) is 30.5 Å². The Labute approximate surface area is 179 Å². The van der Waals surface area contributed by atoms with Gasteiger partial charge in [-0.25, -0.2) is 4.39 Å². The van der Waals surface area contributed by atoms with E-state index in [2.05, 4.69) is 4.90 Å². The van der Waals surface area contributed by atoms with Crippen LogP contribution in [0, 0.1) is 5.82 Å². The van der Waals surface area contributed by atoms with Gasteiger partial charge < -0.3 is 21.5 Å². The first-order valence-corrected chi connectivity index (χ1v) is 9.85. The summed E-state index contributed by atoms with van der Waals surface area (Å²) in [6.07, 6.45) is 0.320. The molecule has 0 aliphatic heterocycles. The predicted molar refractivity (Wildman–Crippen MR) is 114 cm³/mol. The maximum absolute atomic E-state index is 12.5. The lowest BCUT2D eigenvalue weighted by Gasteiger charge is -2.23. The molecule has 9 heteroatoms. The molecule has 6 nitrogen and oxygen atoms in total. The molecule has 0 radical (unpaired) electrons. The van der Waals surface area contributed by atoms with E-state index in [-0.39, 0.29) is 5.56 Å². The van der Waals surface area contributed by atoms with Gasteiger partial charge in [-0.3, -0.25) is 9.59 Å². The molecule has 0 bridgehead atoms. The molecule has 2 aromatic rings. The number of carbonyl (C=O) groups excluding carboxylic acids is 1. The molecule has 1 amide bonds. The van der Waals surface area contributed by atoms with Crippen molar-refractivity contribution in [1.82, 2.24) is 0 Å². The number of nitrogens with zero attached hydrogens (tertiary/aromatic N) is 1. The minimum Gasteiger partial charge on any atom is -0.480 e. The fourth-order valence-corrected chi connectivity index (χ4v) is 2.83. The van der Waals surface area contributed by atoms with E-state index >= 15 is 0 Å². The number of rotatable bonds is 9. The lowest BCUT2D eigenvalue weighted by molar-refractivity contribution is -0.138. The first-order chi connectivity index (χ1) is 13.8. The van der Waals surface area contributed by atoms with Crippen molar-refractivity contribution in [3.63, 3.8) is 0 Å². The fraction of sp³-hybridized carbons (Fsp3) is 0.300. The zero-order valence-corrected chi connectivity index (χ0v) is 17.2. The number of hydrogen-bond acceptors (Lipinski definition) is 4. The molecule has 0 spiro atoms. The third-order valence-corrected chi connectivity index (χ3v) is 4.26. The maximum Gasteiger partial charge on any atom is 0.320 e. The van der Waals surface area contributed by atoms with E-state index in [1.807, 2.05) is 24.3 Å². The maximum atomic E-state index is 12.5. The van der Waals surface area contributed by atoms with Crippen molar-refractivity contribution in [3.05, 3.63) is 65.5 Å². The van der Waals surface area contributed by atoms with Crippen LogP contribution in [0.25, 0.3) is 0 Å². The van der Waals surface area contributed by atoms with Crippen molar-refractivity contribution < 1.29 is 19.1 Å². The van der Waals surface area contributed by atoms with Gasteiger partial charge in [-0.05, 0) is 36.2 Å². The van der Waals surface area contributed by atoms with Gasteiger partial charge in [-0.2, -0.15) is 0 Å². The van der Waals surface area contributed by atoms with Gasteiger partial charge in [0.25, 0.3) is 5.91 Å². The Hall–Kier alpha value is -2.35. The number of carboxylic acids is 1. The van der Waals surface area contributed by atoms with Gasteiger partial charge in [0.05, 0.1) is 5.56 Å². The van der Waals surface area contributed by atoms with Gasteiger partial charge in [0.1, 0.15) is 11.9 Å². The number of benzene rings is 2. The molecular weight excluding hydrogens is 420 g/mol. The standard InChI is InChI=1S/C13H18Cl2N2O2.C7H6FNO/c14-5-7-17(8-6-15)11-3-1-10(2-4-11)9-12(16)13(18)19;8-6-4-2-1-3-5(6)7(9)10/h1-4,12H,5-9,16H2,(H,18,19);1-4H,(H2,9,10). The Morgan fingerprint density at radius 2 is 1.59 bits per heavy atom. The number of primary amides is 1. The van der Waals surface area contributed by atoms with Crippen LogP contribution in [0.5, 0.6) is 0 Å². The lowest BCUT2D eigenvalue weighted by atomic mass is 10.1. The molecule has 0 aliphatic rings. The predicted octanol–water partition coefficient (Wildman–Crippen LogP) is 2.85. The van der Waals surface area contributed by atoms with Gasteiger partial charge in [0.15, 0.2) is 0 Å². The van der Waals surface area contributed by atoms with E-state index < -0.39 is 23.7 Å². The molecule has 5 N–H and O–H groups in total. The SMILES string of the molecule is NC(=O)c1ccccc1F.NC(Cc1ccc(N(CCCl)CCCl)cc1)C(=O)O. The van der Waals surface area contributed by atoms with Crippen molar-refractivity contribution in [2.45, 2.75) is 12.5 Å². The number of aliphatic carboxylic acids is 1. The van der Waals surface area contributed by atoms with Gasteiger partial charge >= 0.3 is 5.97 Å². The first-order valence-electron chi connectivity index (χ1n) is 8.78.